The summed E-state index contributed by atoms with van der Waals surface area (Å²) in [6.07, 6.45) is 2.89. The molecule has 1 aromatic heterocycles. The minimum atomic E-state index is -3.33. The molecule has 0 bridgehead atoms. The van der Waals surface area contributed by atoms with Gasteiger partial charge in [0.05, 0.1) is 0 Å². The fourth-order valence-corrected chi connectivity index (χ4v) is 5.03. The first-order chi connectivity index (χ1) is 8.95. The summed E-state index contributed by atoms with van der Waals surface area (Å²) >= 11 is 1.29. The van der Waals surface area contributed by atoms with Crippen LogP contribution in [0.5, 0.6) is 0 Å². The van der Waals surface area contributed by atoms with Gasteiger partial charge in [0.15, 0.2) is 0 Å². The van der Waals surface area contributed by atoms with Gasteiger partial charge >= 0.3 is 0 Å². The van der Waals surface area contributed by atoms with E-state index in [1.807, 2.05) is 6.07 Å². The number of rotatable bonds is 7. The van der Waals surface area contributed by atoms with Crippen LogP contribution in [0.4, 0.5) is 0 Å². The summed E-state index contributed by atoms with van der Waals surface area (Å²) in [6.45, 7) is 5.26. The Morgan fingerprint density at radius 1 is 1.42 bits per heavy atom. The lowest BCUT2D eigenvalue weighted by Crippen LogP contribution is -2.34. The van der Waals surface area contributed by atoms with Crippen molar-refractivity contribution in [1.29, 1.82) is 0 Å². The van der Waals surface area contributed by atoms with Gasteiger partial charge in [0, 0.05) is 24.0 Å². The Labute approximate surface area is 119 Å². The SMILES string of the molecule is CC(C)CCN(C1CC1)S(=O)(=O)c1ccc(CN)s1. The highest BCUT2D eigenvalue weighted by Crippen LogP contribution is 2.34. The van der Waals surface area contributed by atoms with Crippen molar-refractivity contribution in [3.05, 3.63) is 17.0 Å². The van der Waals surface area contributed by atoms with Crippen LogP contribution in [0.25, 0.3) is 0 Å². The summed E-state index contributed by atoms with van der Waals surface area (Å²) in [5, 5.41) is 0. The smallest absolute Gasteiger partial charge is 0.252 e. The highest BCUT2D eigenvalue weighted by molar-refractivity contribution is 7.91. The van der Waals surface area contributed by atoms with Crippen LogP contribution in [-0.2, 0) is 16.6 Å². The van der Waals surface area contributed by atoms with Crippen molar-refractivity contribution >= 4 is 21.4 Å². The van der Waals surface area contributed by atoms with Crippen LogP contribution in [0.15, 0.2) is 16.3 Å². The van der Waals surface area contributed by atoms with Gasteiger partial charge in [-0.3, -0.25) is 0 Å². The summed E-state index contributed by atoms with van der Waals surface area (Å²) in [5.74, 6) is 0.513. The first-order valence-electron chi connectivity index (χ1n) is 6.75. The molecule has 4 nitrogen and oxygen atoms in total. The molecule has 0 unspecified atom stereocenters. The highest BCUT2D eigenvalue weighted by atomic mass is 32.2. The Bertz CT molecular complexity index is 519. The van der Waals surface area contributed by atoms with Gasteiger partial charge in [-0.2, -0.15) is 4.31 Å². The Hall–Kier alpha value is -0.430. The Kier molecular flexibility index (Phi) is 4.66. The predicted molar refractivity (Wildman–Crippen MR) is 78.6 cm³/mol. The van der Waals surface area contributed by atoms with Crippen LogP contribution >= 0.6 is 11.3 Å². The quantitative estimate of drug-likeness (QED) is 0.841. The van der Waals surface area contributed by atoms with Crippen LogP contribution < -0.4 is 5.73 Å². The van der Waals surface area contributed by atoms with E-state index in [2.05, 4.69) is 13.8 Å². The third kappa shape index (κ3) is 3.56. The van der Waals surface area contributed by atoms with Gasteiger partial charge in [-0.25, -0.2) is 8.42 Å². The van der Waals surface area contributed by atoms with Crippen LogP contribution in [0.3, 0.4) is 0 Å². The third-order valence-corrected chi connectivity index (χ3v) is 6.81. The van der Waals surface area contributed by atoms with Crippen molar-refractivity contribution < 1.29 is 8.42 Å². The summed E-state index contributed by atoms with van der Waals surface area (Å²) in [4.78, 5) is 0.915. The van der Waals surface area contributed by atoms with Gasteiger partial charge in [0.2, 0.25) is 0 Å². The van der Waals surface area contributed by atoms with E-state index in [1.54, 1.807) is 10.4 Å². The number of hydrogen-bond donors (Lipinski definition) is 1. The molecule has 0 aromatic carbocycles. The zero-order valence-corrected chi connectivity index (χ0v) is 13.1. The Balaban J connectivity index is 2.18. The van der Waals surface area contributed by atoms with Gasteiger partial charge in [0.1, 0.15) is 4.21 Å². The molecule has 1 heterocycles. The minimum Gasteiger partial charge on any atom is -0.326 e. The molecule has 1 aromatic rings. The van der Waals surface area contributed by atoms with E-state index in [-0.39, 0.29) is 6.04 Å². The molecule has 0 atom stereocenters. The highest BCUT2D eigenvalue weighted by Gasteiger charge is 2.38. The van der Waals surface area contributed by atoms with E-state index in [0.717, 1.165) is 24.1 Å². The molecule has 0 radical (unpaired) electrons. The van der Waals surface area contributed by atoms with Crippen LogP contribution in [-0.4, -0.2) is 25.3 Å². The Morgan fingerprint density at radius 3 is 2.58 bits per heavy atom. The predicted octanol–water partition coefficient (Wildman–Crippen LogP) is 2.41. The van der Waals surface area contributed by atoms with E-state index in [1.165, 1.54) is 11.3 Å². The van der Waals surface area contributed by atoms with Crippen LogP contribution in [0.2, 0.25) is 0 Å². The number of sulfonamides is 1. The normalized spacial score (nSPS) is 16.5. The topological polar surface area (TPSA) is 63.4 Å². The molecule has 0 amide bonds. The lowest BCUT2D eigenvalue weighted by Gasteiger charge is -2.21. The fourth-order valence-electron chi connectivity index (χ4n) is 1.97. The monoisotopic (exact) mass is 302 g/mol. The summed E-state index contributed by atoms with van der Waals surface area (Å²) in [6, 6.07) is 3.71. The maximum Gasteiger partial charge on any atom is 0.252 e. The molecule has 108 valence electrons. The number of nitrogens with two attached hydrogens (primary N) is 1. The van der Waals surface area contributed by atoms with Crippen molar-refractivity contribution in [2.75, 3.05) is 6.54 Å². The van der Waals surface area contributed by atoms with Crippen LogP contribution in [0, 0.1) is 5.92 Å². The molecule has 1 aliphatic carbocycles. The lowest BCUT2D eigenvalue weighted by molar-refractivity contribution is 0.374. The number of nitrogens with zero attached hydrogens (tertiary/aromatic N) is 1. The van der Waals surface area contributed by atoms with Gasteiger partial charge in [-0.15, -0.1) is 11.3 Å². The lowest BCUT2D eigenvalue weighted by atomic mass is 10.1. The molecule has 2 N–H and O–H groups in total. The van der Waals surface area contributed by atoms with Gasteiger partial charge in [-0.1, -0.05) is 13.8 Å². The summed E-state index contributed by atoms with van der Waals surface area (Å²) in [5.41, 5.74) is 5.56. The van der Waals surface area contributed by atoms with Crippen LogP contribution in [0.1, 0.15) is 38.0 Å². The zero-order valence-electron chi connectivity index (χ0n) is 11.5. The van der Waals surface area contributed by atoms with E-state index < -0.39 is 10.0 Å². The second kappa shape index (κ2) is 5.91. The van der Waals surface area contributed by atoms with Crippen molar-refractivity contribution in [2.45, 2.75) is 49.9 Å². The molecule has 19 heavy (non-hydrogen) atoms. The first kappa shape index (κ1) is 15.0. The van der Waals surface area contributed by atoms with E-state index in [0.29, 0.717) is 23.2 Å². The maximum atomic E-state index is 12.7. The van der Waals surface area contributed by atoms with Crippen molar-refractivity contribution in [1.82, 2.24) is 4.31 Å². The summed E-state index contributed by atoms with van der Waals surface area (Å²) in [7, 11) is -3.33. The first-order valence-corrected chi connectivity index (χ1v) is 9.01. The second-order valence-corrected chi connectivity index (χ2v) is 8.74. The van der Waals surface area contributed by atoms with Gasteiger partial charge in [0.25, 0.3) is 10.0 Å². The largest absolute Gasteiger partial charge is 0.326 e. The van der Waals surface area contributed by atoms with Crippen molar-refractivity contribution in [2.24, 2.45) is 11.7 Å². The standard InChI is InChI=1S/C13H22N2O2S2/c1-10(2)7-8-15(11-3-4-11)19(16,17)13-6-5-12(9-14)18-13/h5-6,10-11H,3-4,7-9,14H2,1-2H3. The average Bonchev–Trinajstić information content (AvgIpc) is 3.05. The molecule has 0 aliphatic heterocycles. The van der Waals surface area contributed by atoms with E-state index >= 15 is 0 Å². The second-order valence-electron chi connectivity index (χ2n) is 5.45. The molecular formula is C13H22N2O2S2. The molecular weight excluding hydrogens is 280 g/mol. The molecule has 1 saturated carbocycles. The summed E-state index contributed by atoms with van der Waals surface area (Å²) < 4.78 is 27.4. The third-order valence-electron chi connectivity index (χ3n) is 3.28. The minimum absolute atomic E-state index is 0.215. The molecule has 6 heteroatoms. The number of thiophene rings is 1. The molecule has 0 spiro atoms. The van der Waals surface area contributed by atoms with Gasteiger partial charge in [-0.05, 0) is 37.3 Å². The molecule has 1 fully saturated rings. The fraction of sp³-hybridized carbons (Fsp3) is 0.692. The van der Waals surface area contributed by atoms with Crippen molar-refractivity contribution in [3.8, 4) is 0 Å². The Morgan fingerprint density at radius 2 is 2.11 bits per heavy atom. The zero-order chi connectivity index (χ0) is 14.0. The number of hydrogen-bond acceptors (Lipinski definition) is 4. The molecule has 2 rings (SSSR count). The average molecular weight is 302 g/mol. The van der Waals surface area contributed by atoms with E-state index in [4.69, 9.17) is 5.73 Å². The molecule has 1 aliphatic rings. The van der Waals surface area contributed by atoms with Crippen molar-refractivity contribution in [3.63, 3.8) is 0 Å². The van der Waals surface area contributed by atoms with E-state index in [9.17, 15) is 8.42 Å². The van der Waals surface area contributed by atoms with Gasteiger partial charge < -0.3 is 5.73 Å². The molecule has 0 saturated heterocycles. The maximum absolute atomic E-state index is 12.7.